The molecular formula is C25H31N3O. The maximum Gasteiger partial charge on any atom is 0.227 e. The van der Waals surface area contributed by atoms with E-state index in [-0.39, 0.29) is 11.8 Å². The SMILES string of the molecule is CCCCCCCn1c([C@H]2CC(=O)N(c3ccc(C)cc3)C2)nc2ccccc21. The summed E-state index contributed by atoms with van der Waals surface area (Å²) in [5.74, 6) is 1.41. The van der Waals surface area contributed by atoms with Gasteiger partial charge in [-0.1, -0.05) is 62.4 Å². The second-order valence-electron chi connectivity index (χ2n) is 8.27. The Kier molecular flexibility index (Phi) is 5.98. The van der Waals surface area contributed by atoms with Gasteiger partial charge in [0.05, 0.1) is 11.0 Å². The number of aromatic nitrogens is 2. The number of hydrogen-bond donors (Lipinski definition) is 0. The number of amides is 1. The van der Waals surface area contributed by atoms with Crippen LogP contribution >= 0.6 is 0 Å². The lowest BCUT2D eigenvalue weighted by Gasteiger charge is -2.17. The molecule has 0 radical (unpaired) electrons. The summed E-state index contributed by atoms with van der Waals surface area (Å²) in [4.78, 5) is 19.7. The van der Waals surface area contributed by atoms with Gasteiger partial charge < -0.3 is 9.47 Å². The van der Waals surface area contributed by atoms with Crippen LogP contribution in [0.4, 0.5) is 5.69 Å². The Bertz CT molecular complexity index is 973. The third-order valence-electron chi connectivity index (χ3n) is 6.01. The first-order valence-corrected chi connectivity index (χ1v) is 11.0. The molecule has 0 saturated carbocycles. The largest absolute Gasteiger partial charge is 0.328 e. The summed E-state index contributed by atoms with van der Waals surface area (Å²) in [6.07, 6.45) is 6.81. The molecule has 4 nitrogen and oxygen atoms in total. The van der Waals surface area contributed by atoms with Crippen molar-refractivity contribution in [2.45, 2.75) is 64.8 Å². The fraction of sp³-hybridized carbons (Fsp3) is 0.440. The van der Waals surface area contributed by atoms with Crippen LogP contribution in [0.2, 0.25) is 0 Å². The lowest BCUT2D eigenvalue weighted by Crippen LogP contribution is -2.24. The molecule has 0 unspecified atom stereocenters. The molecule has 152 valence electrons. The van der Waals surface area contributed by atoms with Crippen molar-refractivity contribution in [1.29, 1.82) is 0 Å². The number of fused-ring (bicyclic) bond motifs is 1. The van der Waals surface area contributed by atoms with Gasteiger partial charge in [0.15, 0.2) is 0 Å². The molecule has 1 amide bonds. The van der Waals surface area contributed by atoms with Crippen molar-refractivity contribution in [3.8, 4) is 0 Å². The molecule has 1 atom stereocenters. The van der Waals surface area contributed by atoms with E-state index >= 15 is 0 Å². The average Bonchev–Trinajstić information content (AvgIpc) is 3.29. The van der Waals surface area contributed by atoms with Crippen LogP contribution in [0.1, 0.15) is 62.8 Å². The summed E-state index contributed by atoms with van der Waals surface area (Å²) in [5.41, 5.74) is 4.43. The highest BCUT2D eigenvalue weighted by Gasteiger charge is 2.34. The molecule has 0 N–H and O–H groups in total. The van der Waals surface area contributed by atoms with Gasteiger partial charge in [-0.25, -0.2) is 4.98 Å². The van der Waals surface area contributed by atoms with E-state index in [0.29, 0.717) is 13.0 Å². The molecule has 1 aliphatic heterocycles. The third kappa shape index (κ3) is 4.21. The Morgan fingerprint density at radius 1 is 1.00 bits per heavy atom. The Morgan fingerprint density at radius 2 is 1.76 bits per heavy atom. The standard InChI is InChI=1S/C25H31N3O/c1-3-4-5-6-9-16-27-23-11-8-7-10-22(23)26-25(27)20-17-24(29)28(18-20)21-14-12-19(2)13-15-21/h7-8,10-15,20H,3-6,9,16-18H2,1-2H3/t20-/m0/s1. The molecular weight excluding hydrogens is 358 g/mol. The first-order valence-electron chi connectivity index (χ1n) is 11.0. The molecule has 29 heavy (non-hydrogen) atoms. The van der Waals surface area contributed by atoms with Gasteiger partial charge in [-0.05, 0) is 37.6 Å². The zero-order valence-corrected chi connectivity index (χ0v) is 17.6. The molecule has 4 heteroatoms. The van der Waals surface area contributed by atoms with Crippen LogP contribution in [0.3, 0.4) is 0 Å². The fourth-order valence-electron chi connectivity index (χ4n) is 4.37. The van der Waals surface area contributed by atoms with Crippen LogP contribution < -0.4 is 4.90 Å². The van der Waals surface area contributed by atoms with Gasteiger partial charge in [-0.3, -0.25) is 4.79 Å². The van der Waals surface area contributed by atoms with Crippen molar-refractivity contribution < 1.29 is 4.79 Å². The molecule has 1 aromatic heterocycles. The van der Waals surface area contributed by atoms with E-state index in [2.05, 4.69) is 48.7 Å². The molecule has 4 rings (SSSR count). The normalized spacial score (nSPS) is 16.8. The second-order valence-corrected chi connectivity index (χ2v) is 8.27. The summed E-state index contributed by atoms with van der Waals surface area (Å²) >= 11 is 0. The predicted octanol–water partition coefficient (Wildman–Crippen LogP) is 5.84. The lowest BCUT2D eigenvalue weighted by molar-refractivity contribution is -0.117. The van der Waals surface area contributed by atoms with Crippen LogP contribution in [0, 0.1) is 6.92 Å². The molecule has 1 fully saturated rings. The van der Waals surface area contributed by atoms with Crippen molar-refractivity contribution in [3.05, 3.63) is 59.9 Å². The third-order valence-corrected chi connectivity index (χ3v) is 6.01. The number of carbonyl (C=O) groups excluding carboxylic acids is 1. The number of para-hydroxylation sites is 2. The van der Waals surface area contributed by atoms with Gasteiger partial charge in [-0.15, -0.1) is 0 Å². The number of anilines is 1. The highest BCUT2D eigenvalue weighted by molar-refractivity contribution is 5.96. The van der Waals surface area contributed by atoms with E-state index in [1.807, 2.05) is 23.1 Å². The van der Waals surface area contributed by atoms with Gasteiger partial charge in [0, 0.05) is 31.1 Å². The van der Waals surface area contributed by atoms with E-state index in [4.69, 9.17) is 4.98 Å². The Balaban J connectivity index is 1.57. The Labute approximate surface area is 173 Å². The second kappa shape index (κ2) is 8.81. The van der Waals surface area contributed by atoms with Crippen molar-refractivity contribution in [1.82, 2.24) is 9.55 Å². The molecule has 1 saturated heterocycles. The van der Waals surface area contributed by atoms with Crippen LogP contribution in [-0.2, 0) is 11.3 Å². The molecule has 1 aliphatic rings. The minimum atomic E-state index is 0.145. The van der Waals surface area contributed by atoms with Crippen molar-refractivity contribution in [3.63, 3.8) is 0 Å². The zero-order chi connectivity index (χ0) is 20.2. The summed E-state index contributed by atoms with van der Waals surface area (Å²) in [5, 5.41) is 0. The molecule has 0 aliphatic carbocycles. The first kappa shape index (κ1) is 19.7. The maximum atomic E-state index is 12.8. The Hall–Kier alpha value is -2.62. The van der Waals surface area contributed by atoms with Crippen LogP contribution in [0.25, 0.3) is 11.0 Å². The Morgan fingerprint density at radius 3 is 2.55 bits per heavy atom. The van der Waals surface area contributed by atoms with Gasteiger partial charge in [0.2, 0.25) is 5.91 Å². The number of aryl methyl sites for hydroxylation is 2. The van der Waals surface area contributed by atoms with Gasteiger partial charge >= 0.3 is 0 Å². The first-order chi connectivity index (χ1) is 14.2. The van der Waals surface area contributed by atoms with Crippen LogP contribution in [-0.4, -0.2) is 22.0 Å². The summed E-state index contributed by atoms with van der Waals surface area (Å²) in [6, 6.07) is 16.6. The quantitative estimate of drug-likeness (QED) is 0.454. The van der Waals surface area contributed by atoms with Gasteiger partial charge in [0.25, 0.3) is 0 Å². The number of nitrogens with zero attached hydrogens (tertiary/aromatic N) is 3. The van der Waals surface area contributed by atoms with E-state index < -0.39 is 0 Å². The van der Waals surface area contributed by atoms with E-state index in [9.17, 15) is 4.79 Å². The van der Waals surface area contributed by atoms with Crippen LogP contribution in [0.15, 0.2) is 48.5 Å². The fourth-order valence-corrected chi connectivity index (χ4v) is 4.37. The molecule has 0 bridgehead atoms. The molecule has 0 spiro atoms. The number of hydrogen-bond acceptors (Lipinski definition) is 2. The monoisotopic (exact) mass is 389 g/mol. The van der Waals surface area contributed by atoms with Crippen molar-refractivity contribution >= 4 is 22.6 Å². The minimum absolute atomic E-state index is 0.145. The van der Waals surface area contributed by atoms with Crippen molar-refractivity contribution in [2.75, 3.05) is 11.4 Å². The number of benzene rings is 2. The number of unbranched alkanes of at least 4 members (excludes halogenated alkanes) is 4. The van der Waals surface area contributed by atoms with E-state index in [0.717, 1.165) is 30.0 Å². The van der Waals surface area contributed by atoms with Crippen molar-refractivity contribution in [2.24, 2.45) is 0 Å². The number of imidazole rings is 1. The zero-order valence-electron chi connectivity index (χ0n) is 17.6. The highest BCUT2D eigenvalue weighted by atomic mass is 16.2. The van der Waals surface area contributed by atoms with Crippen LogP contribution in [0.5, 0.6) is 0 Å². The number of rotatable bonds is 8. The average molecular weight is 390 g/mol. The summed E-state index contributed by atoms with van der Waals surface area (Å²) in [7, 11) is 0. The van der Waals surface area contributed by atoms with E-state index in [1.54, 1.807) is 0 Å². The minimum Gasteiger partial charge on any atom is -0.328 e. The number of carbonyl (C=O) groups is 1. The lowest BCUT2D eigenvalue weighted by atomic mass is 10.1. The molecule has 2 aromatic carbocycles. The maximum absolute atomic E-state index is 12.8. The molecule has 3 aromatic rings. The topological polar surface area (TPSA) is 38.1 Å². The summed E-state index contributed by atoms with van der Waals surface area (Å²) < 4.78 is 2.37. The molecule has 2 heterocycles. The van der Waals surface area contributed by atoms with E-state index in [1.165, 1.54) is 36.8 Å². The van der Waals surface area contributed by atoms with Gasteiger partial charge in [-0.2, -0.15) is 0 Å². The smallest absolute Gasteiger partial charge is 0.227 e. The highest BCUT2D eigenvalue weighted by Crippen LogP contribution is 2.33. The van der Waals surface area contributed by atoms with Gasteiger partial charge in [0.1, 0.15) is 5.82 Å². The predicted molar refractivity (Wildman–Crippen MR) is 119 cm³/mol. The summed E-state index contributed by atoms with van der Waals surface area (Å²) in [6.45, 7) is 6.01.